The van der Waals surface area contributed by atoms with E-state index < -0.39 is 10.2 Å². The third-order valence-corrected chi connectivity index (χ3v) is 8.02. The molecule has 1 N–H and O–H groups in total. The second-order valence-corrected chi connectivity index (χ2v) is 10.5. The molecule has 0 spiro atoms. The van der Waals surface area contributed by atoms with Crippen molar-refractivity contribution in [1.82, 2.24) is 18.8 Å². The Morgan fingerprint density at radius 1 is 0.964 bits per heavy atom. The van der Waals surface area contributed by atoms with Gasteiger partial charge in [-0.2, -0.15) is 17.0 Å². The maximum atomic E-state index is 12.9. The quantitative estimate of drug-likeness (QED) is 0.688. The van der Waals surface area contributed by atoms with E-state index in [1.165, 1.54) is 32.1 Å². The van der Waals surface area contributed by atoms with Crippen molar-refractivity contribution >= 4 is 16.1 Å². The number of morpholine rings is 1. The Kier molecular flexibility index (Phi) is 7.72. The minimum atomic E-state index is -3.47. The van der Waals surface area contributed by atoms with E-state index >= 15 is 0 Å². The molecule has 0 radical (unpaired) electrons. The molecule has 9 heteroatoms. The lowest BCUT2D eigenvalue weighted by Crippen LogP contribution is -2.57. The predicted octanol–water partition coefficient (Wildman–Crippen LogP) is 0.655. The largest absolute Gasteiger partial charge is 0.373 e. The smallest absolute Gasteiger partial charge is 0.282 e. The first-order valence-electron chi connectivity index (χ1n) is 10.7. The first kappa shape index (κ1) is 22.0. The Morgan fingerprint density at radius 2 is 1.57 bits per heavy atom. The molecule has 2 heterocycles. The van der Waals surface area contributed by atoms with Crippen LogP contribution >= 0.6 is 0 Å². The summed E-state index contributed by atoms with van der Waals surface area (Å²) in [5, 5.41) is 3.07. The molecule has 2 unspecified atom stereocenters. The van der Waals surface area contributed by atoms with Crippen LogP contribution < -0.4 is 5.32 Å². The predicted molar refractivity (Wildman–Crippen MR) is 108 cm³/mol. The van der Waals surface area contributed by atoms with Gasteiger partial charge in [-0.1, -0.05) is 19.3 Å². The van der Waals surface area contributed by atoms with Gasteiger partial charge in [0.15, 0.2) is 0 Å². The van der Waals surface area contributed by atoms with Crippen molar-refractivity contribution in [3.8, 4) is 0 Å². The molecule has 1 saturated carbocycles. The lowest BCUT2D eigenvalue weighted by molar-refractivity contribution is -0.122. The number of hydrogen-bond donors (Lipinski definition) is 1. The highest BCUT2D eigenvalue weighted by atomic mass is 32.2. The fourth-order valence-electron chi connectivity index (χ4n) is 4.51. The number of piperazine rings is 1. The molecule has 1 aliphatic carbocycles. The highest BCUT2D eigenvalue weighted by Crippen LogP contribution is 2.23. The number of hydrogen-bond acceptors (Lipinski definition) is 5. The van der Waals surface area contributed by atoms with Gasteiger partial charge >= 0.3 is 0 Å². The second-order valence-electron chi connectivity index (χ2n) is 8.57. The van der Waals surface area contributed by atoms with Crippen LogP contribution in [-0.2, 0) is 19.7 Å². The van der Waals surface area contributed by atoms with E-state index in [4.69, 9.17) is 4.74 Å². The van der Waals surface area contributed by atoms with Crippen LogP contribution in [0.2, 0.25) is 0 Å². The van der Waals surface area contributed by atoms with Gasteiger partial charge in [-0.3, -0.25) is 9.69 Å². The molecule has 28 heavy (non-hydrogen) atoms. The molecular formula is C19H36N4O4S. The van der Waals surface area contributed by atoms with Crippen molar-refractivity contribution in [2.45, 2.75) is 58.2 Å². The third kappa shape index (κ3) is 5.89. The van der Waals surface area contributed by atoms with Gasteiger partial charge in [0, 0.05) is 45.8 Å². The molecule has 3 rings (SSSR count). The molecule has 3 aliphatic rings. The molecule has 162 valence electrons. The Morgan fingerprint density at radius 3 is 2.18 bits per heavy atom. The molecule has 1 amide bonds. The Balaban J connectivity index is 1.41. The number of nitrogens with zero attached hydrogens (tertiary/aromatic N) is 3. The van der Waals surface area contributed by atoms with E-state index in [1.807, 2.05) is 18.7 Å². The summed E-state index contributed by atoms with van der Waals surface area (Å²) in [6.45, 7) is 7.78. The number of nitrogens with one attached hydrogen (secondary N) is 1. The summed E-state index contributed by atoms with van der Waals surface area (Å²) in [5.74, 6) is 0.677. The molecular weight excluding hydrogens is 380 g/mol. The average molecular weight is 417 g/mol. The highest BCUT2D eigenvalue weighted by molar-refractivity contribution is 7.86. The first-order valence-corrected chi connectivity index (χ1v) is 12.1. The fraction of sp³-hybridized carbons (Fsp3) is 0.947. The molecule has 0 aromatic carbocycles. The lowest BCUT2D eigenvalue weighted by atomic mass is 9.89. The first-order chi connectivity index (χ1) is 13.3. The highest BCUT2D eigenvalue weighted by Gasteiger charge is 2.36. The maximum Gasteiger partial charge on any atom is 0.282 e. The Hall–Kier alpha value is -0.740. The number of amides is 1. The summed E-state index contributed by atoms with van der Waals surface area (Å²) in [6.07, 6.45) is 6.13. The van der Waals surface area contributed by atoms with Crippen LogP contribution in [0.25, 0.3) is 0 Å². The van der Waals surface area contributed by atoms with Crippen molar-refractivity contribution in [1.29, 1.82) is 0 Å². The molecule has 2 atom stereocenters. The van der Waals surface area contributed by atoms with Crippen molar-refractivity contribution in [2.75, 3.05) is 52.4 Å². The molecule has 2 aliphatic heterocycles. The SMILES string of the molecule is CC1CN(S(=O)(=O)N2CCN(CC(=O)NCC3CCCCC3)CC2)CC(C)O1. The van der Waals surface area contributed by atoms with E-state index in [2.05, 4.69) is 5.32 Å². The number of ether oxygens (including phenoxy) is 1. The summed E-state index contributed by atoms with van der Waals surface area (Å²) >= 11 is 0. The van der Waals surface area contributed by atoms with Gasteiger partial charge in [0.25, 0.3) is 10.2 Å². The summed E-state index contributed by atoms with van der Waals surface area (Å²) in [4.78, 5) is 14.3. The second kappa shape index (κ2) is 9.84. The number of carbonyl (C=O) groups excluding carboxylic acids is 1. The fourth-order valence-corrected chi connectivity index (χ4v) is 6.26. The zero-order valence-corrected chi connectivity index (χ0v) is 18.1. The Labute approximate surface area is 169 Å². The van der Waals surface area contributed by atoms with Crippen LogP contribution in [0.5, 0.6) is 0 Å². The van der Waals surface area contributed by atoms with Crippen molar-refractivity contribution in [3.05, 3.63) is 0 Å². The molecule has 8 nitrogen and oxygen atoms in total. The van der Waals surface area contributed by atoms with Gasteiger partial charge in [0.05, 0.1) is 18.8 Å². The topological polar surface area (TPSA) is 82.2 Å². The average Bonchev–Trinajstić information content (AvgIpc) is 2.67. The maximum absolute atomic E-state index is 12.9. The molecule has 0 aromatic rings. The van der Waals surface area contributed by atoms with E-state index in [-0.39, 0.29) is 18.1 Å². The summed E-state index contributed by atoms with van der Waals surface area (Å²) < 4.78 is 34.6. The van der Waals surface area contributed by atoms with Crippen molar-refractivity contribution in [2.24, 2.45) is 5.92 Å². The molecule has 0 bridgehead atoms. The van der Waals surface area contributed by atoms with Crippen molar-refractivity contribution < 1.29 is 17.9 Å². The van der Waals surface area contributed by atoms with Crippen LogP contribution in [-0.4, -0.2) is 92.4 Å². The van der Waals surface area contributed by atoms with Crippen molar-refractivity contribution in [3.63, 3.8) is 0 Å². The Bertz CT molecular complexity index is 605. The number of rotatable bonds is 6. The summed E-state index contributed by atoms with van der Waals surface area (Å²) in [7, 11) is -3.47. The van der Waals surface area contributed by atoms with Crippen LogP contribution in [0.15, 0.2) is 0 Å². The van der Waals surface area contributed by atoms with E-state index in [0.29, 0.717) is 51.7 Å². The van der Waals surface area contributed by atoms with Gasteiger partial charge in [-0.05, 0) is 32.6 Å². The van der Waals surface area contributed by atoms with Crippen LogP contribution in [0, 0.1) is 5.92 Å². The number of carbonyl (C=O) groups is 1. The van der Waals surface area contributed by atoms with E-state index in [0.717, 1.165) is 6.54 Å². The minimum Gasteiger partial charge on any atom is -0.373 e. The molecule has 2 saturated heterocycles. The van der Waals surface area contributed by atoms with Gasteiger partial charge < -0.3 is 10.1 Å². The molecule has 3 fully saturated rings. The van der Waals surface area contributed by atoms with Crippen LogP contribution in [0.4, 0.5) is 0 Å². The van der Waals surface area contributed by atoms with Crippen LogP contribution in [0.1, 0.15) is 46.0 Å². The van der Waals surface area contributed by atoms with Gasteiger partial charge in [0.2, 0.25) is 5.91 Å². The summed E-state index contributed by atoms with van der Waals surface area (Å²) in [6, 6.07) is 0. The van der Waals surface area contributed by atoms with Gasteiger partial charge in [-0.15, -0.1) is 0 Å². The van der Waals surface area contributed by atoms with E-state index in [1.54, 1.807) is 8.61 Å². The zero-order chi connectivity index (χ0) is 20.1. The summed E-state index contributed by atoms with van der Waals surface area (Å²) in [5.41, 5.74) is 0. The van der Waals surface area contributed by atoms with Gasteiger partial charge in [0.1, 0.15) is 0 Å². The normalized spacial score (nSPS) is 29.6. The van der Waals surface area contributed by atoms with Crippen LogP contribution in [0.3, 0.4) is 0 Å². The third-order valence-electron chi connectivity index (χ3n) is 6.05. The standard InChI is InChI=1S/C19H36N4O4S/c1-16-13-23(14-17(2)27-16)28(25,26)22-10-8-21(9-11-22)15-19(24)20-12-18-6-4-3-5-7-18/h16-18H,3-15H2,1-2H3,(H,20,24). The molecule has 0 aromatic heterocycles. The minimum absolute atomic E-state index is 0.0534. The lowest BCUT2D eigenvalue weighted by Gasteiger charge is -2.40. The zero-order valence-electron chi connectivity index (χ0n) is 17.3. The van der Waals surface area contributed by atoms with Gasteiger partial charge in [-0.25, -0.2) is 0 Å². The monoisotopic (exact) mass is 416 g/mol. The van der Waals surface area contributed by atoms with E-state index in [9.17, 15) is 13.2 Å².